The minimum atomic E-state index is -0.467. The molecule has 1 heterocycles. The fraction of sp³-hybridized carbons (Fsp3) is 0.188. The summed E-state index contributed by atoms with van der Waals surface area (Å²) < 4.78 is 5.11. The van der Waals surface area contributed by atoms with Gasteiger partial charge in [0.05, 0.1) is 17.7 Å². The molecular weight excluding hydrogens is 298 g/mol. The lowest BCUT2D eigenvalue weighted by Gasteiger charge is -2.19. The number of carbonyl (C=O) groups excluding carboxylic acids is 1. The molecule has 2 amide bonds. The number of nitro benzene ring substituents is 1. The summed E-state index contributed by atoms with van der Waals surface area (Å²) in [5.74, 6) is 0.718. The quantitative estimate of drug-likeness (QED) is 0.642. The van der Waals surface area contributed by atoms with E-state index in [0.717, 1.165) is 11.4 Å². The second-order valence-electron chi connectivity index (χ2n) is 5.06. The minimum absolute atomic E-state index is 0.0294. The van der Waals surface area contributed by atoms with Crippen LogP contribution in [0, 0.1) is 10.1 Å². The van der Waals surface area contributed by atoms with E-state index in [4.69, 9.17) is 4.74 Å². The first kappa shape index (κ1) is 14.8. The second-order valence-corrected chi connectivity index (χ2v) is 5.06. The first-order valence-corrected chi connectivity index (χ1v) is 7.07. The summed E-state index contributed by atoms with van der Waals surface area (Å²) >= 11 is 0. The number of benzene rings is 2. The predicted octanol–water partition coefficient (Wildman–Crippen LogP) is 3.05. The van der Waals surface area contributed by atoms with E-state index < -0.39 is 4.92 Å². The molecule has 0 bridgehead atoms. The van der Waals surface area contributed by atoms with Crippen LogP contribution in [0.15, 0.2) is 48.5 Å². The first-order valence-electron chi connectivity index (χ1n) is 7.07. The molecule has 0 aromatic heterocycles. The normalized spacial score (nSPS) is 14.2. The smallest absolute Gasteiger partial charge is 0.329 e. The fourth-order valence-electron chi connectivity index (χ4n) is 2.55. The van der Waals surface area contributed by atoms with E-state index >= 15 is 0 Å². The minimum Gasteiger partial charge on any atom is -0.497 e. The van der Waals surface area contributed by atoms with Gasteiger partial charge in [-0.1, -0.05) is 6.07 Å². The highest BCUT2D eigenvalue weighted by molar-refractivity contribution is 6.06. The van der Waals surface area contributed by atoms with Gasteiger partial charge in [-0.2, -0.15) is 0 Å². The maximum atomic E-state index is 12.6. The number of non-ortho nitro benzene ring substituents is 1. The van der Waals surface area contributed by atoms with Crippen molar-refractivity contribution in [3.63, 3.8) is 0 Å². The molecule has 1 saturated heterocycles. The van der Waals surface area contributed by atoms with Crippen molar-refractivity contribution in [1.29, 1.82) is 0 Å². The van der Waals surface area contributed by atoms with Crippen LogP contribution in [-0.2, 0) is 0 Å². The molecule has 2 aromatic carbocycles. The molecular formula is C16H15N3O4. The summed E-state index contributed by atoms with van der Waals surface area (Å²) in [6.07, 6.45) is 0. The van der Waals surface area contributed by atoms with Gasteiger partial charge in [-0.25, -0.2) is 4.79 Å². The highest BCUT2D eigenvalue weighted by atomic mass is 16.6. The summed E-state index contributed by atoms with van der Waals surface area (Å²) in [6, 6.07) is 13.1. The van der Waals surface area contributed by atoms with Gasteiger partial charge in [0.15, 0.2) is 0 Å². The third-order valence-electron chi connectivity index (χ3n) is 3.75. The Balaban J connectivity index is 1.83. The summed E-state index contributed by atoms with van der Waals surface area (Å²) in [6.45, 7) is 1.000. The first-order chi connectivity index (χ1) is 11.1. The van der Waals surface area contributed by atoms with Crippen LogP contribution in [0.4, 0.5) is 21.9 Å². The molecule has 2 aromatic rings. The van der Waals surface area contributed by atoms with Crippen LogP contribution in [-0.4, -0.2) is 31.2 Å². The zero-order valence-electron chi connectivity index (χ0n) is 12.5. The van der Waals surface area contributed by atoms with Crippen LogP contribution in [0.25, 0.3) is 0 Å². The lowest BCUT2D eigenvalue weighted by molar-refractivity contribution is -0.384. The van der Waals surface area contributed by atoms with E-state index in [-0.39, 0.29) is 11.7 Å². The number of ether oxygens (including phenoxy) is 1. The van der Waals surface area contributed by atoms with Gasteiger partial charge in [0.25, 0.3) is 5.69 Å². The van der Waals surface area contributed by atoms with Crippen molar-refractivity contribution in [1.82, 2.24) is 0 Å². The number of urea groups is 1. The number of hydrogen-bond donors (Lipinski definition) is 0. The Bertz CT molecular complexity index is 745. The Morgan fingerprint density at radius 1 is 1.04 bits per heavy atom. The van der Waals surface area contributed by atoms with Crippen molar-refractivity contribution >= 4 is 23.1 Å². The Morgan fingerprint density at radius 3 is 2.30 bits per heavy atom. The van der Waals surface area contributed by atoms with Crippen LogP contribution < -0.4 is 14.5 Å². The molecule has 0 spiro atoms. The molecule has 1 fully saturated rings. The van der Waals surface area contributed by atoms with E-state index in [1.54, 1.807) is 36.3 Å². The number of amides is 2. The van der Waals surface area contributed by atoms with Crippen LogP contribution in [0.1, 0.15) is 0 Å². The predicted molar refractivity (Wildman–Crippen MR) is 86.2 cm³/mol. The van der Waals surface area contributed by atoms with Crippen molar-refractivity contribution in [2.45, 2.75) is 0 Å². The summed E-state index contributed by atoms with van der Waals surface area (Å²) in [5.41, 5.74) is 1.27. The molecule has 7 heteroatoms. The Labute approximate surface area is 132 Å². The number of nitrogens with zero attached hydrogens (tertiary/aromatic N) is 3. The lowest BCUT2D eigenvalue weighted by atomic mass is 10.2. The van der Waals surface area contributed by atoms with Gasteiger partial charge in [0.2, 0.25) is 0 Å². The molecule has 0 aliphatic carbocycles. The van der Waals surface area contributed by atoms with Crippen LogP contribution >= 0.6 is 0 Å². The molecule has 0 N–H and O–H groups in total. The van der Waals surface area contributed by atoms with Crippen molar-refractivity contribution < 1.29 is 14.5 Å². The Hall–Kier alpha value is -3.09. The van der Waals surface area contributed by atoms with E-state index in [0.29, 0.717) is 18.8 Å². The van der Waals surface area contributed by atoms with E-state index in [9.17, 15) is 14.9 Å². The van der Waals surface area contributed by atoms with Crippen molar-refractivity contribution in [3.8, 4) is 5.75 Å². The van der Waals surface area contributed by atoms with Crippen molar-refractivity contribution in [2.24, 2.45) is 0 Å². The van der Waals surface area contributed by atoms with Crippen LogP contribution in [0.2, 0.25) is 0 Å². The molecule has 0 saturated carbocycles. The SMILES string of the molecule is COc1ccc(N2CCN(c3cccc([N+](=O)[O-])c3)C2=O)cc1. The average Bonchev–Trinajstić information content (AvgIpc) is 2.96. The summed E-state index contributed by atoms with van der Waals surface area (Å²) in [4.78, 5) is 26.2. The molecule has 7 nitrogen and oxygen atoms in total. The van der Waals surface area contributed by atoms with Gasteiger partial charge in [-0.15, -0.1) is 0 Å². The van der Waals surface area contributed by atoms with E-state index in [1.165, 1.54) is 17.0 Å². The average molecular weight is 313 g/mol. The van der Waals surface area contributed by atoms with E-state index in [2.05, 4.69) is 0 Å². The maximum absolute atomic E-state index is 12.6. The van der Waals surface area contributed by atoms with E-state index in [1.807, 2.05) is 12.1 Å². The topological polar surface area (TPSA) is 75.9 Å². The highest BCUT2D eigenvalue weighted by Gasteiger charge is 2.31. The molecule has 1 aliphatic heterocycles. The molecule has 3 rings (SSSR count). The Kier molecular flexibility index (Phi) is 3.84. The molecule has 0 radical (unpaired) electrons. The molecule has 23 heavy (non-hydrogen) atoms. The standard InChI is InChI=1S/C16H15N3O4/c1-23-15-7-5-12(6-8-15)17-9-10-18(16(17)20)13-3-2-4-14(11-13)19(21)22/h2-8,11H,9-10H2,1H3. The molecule has 0 atom stereocenters. The monoisotopic (exact) mass is 313 g/mol. The third kappa shape index (κ3) is 2.80. The fourth-order valence-corrected chi connectivity index (χ4v) is 2.55. The van der Waals surface area contributed by atoms with Crippen molar-refractivity contribution in [2.75, 3.05) is 30.0 Å². The number of hydrogen-bond acceptors (Lipinski definition) is 4. The third-order valence-corrected chi connectivity index (χ3v) is 3.75. The molecule has 118 valence electrons. The lowest BCUT2D eigenvalue weighted by Crippen LogP contribution is -2.31. The molecule has 0 unspecified atom stereocenters. The largest absolute Gasteiger partial charge is 0.497 e. The maximum Gasteiger partial charge on any atom is 0.329 e. The van der Waals surface area contributed by atoms with Crippen molar-refractivity contribution in [3.05, 3.63) is 58.6 Å². The second kappa shape index (κ2) is 5.96. The zero-order chi connectivity index (χ0) is 16.4. The van der Waals surface area contributed by atoms with Gasteiger partial charge in [-0.05, 0) is 30.3 Å². The number of nitro groups is 1. The van der Waals surface area contributed by atoms with Gasteiger partial charge in [0.1, 0.15) is 5.75 Å². The van der Waals surface area contributed by atoms with Crippen LogP contribution in [0.5, 0.6) is 5.75 Å². The summed E-state index contributed by atoms with van der Waals surface area (Å²) in [5, 5.41) is 10.9. The zero-order valence-corrected chi connectivity index (χ0v) is 12.5. The summed E-state index contributed by atoms with van der Waals surface area (Å²) in [7, 11) is 1.58. The number of anilines is 2. The molecule has 1 aliphatic rings. The number of carbonyl (C=O) groups is 1. The Morgan fingerprint density at radius 2 is 1.70 bits per heavy atom. The highest BCUT2D eigenvalue weighted by Crippen LogP contribution is 2.28. The number of methoxy groups -OCH3 is 1. The van der Waals surface area contributed by atoms with Gasteiger partial charge in [0, 0.05) is 30.9 Å². The van der Waals surface area contributed by atoms with Crippen LogP contribution in [0.3, 0.4) is 0 Å². The van der Waals surface area contributed by atoms with Gasteiger partial charge in [-0.3, -0.25) is 19.9 Å². The number of rotatable bonds is 4. The van der Waals surface area contributed by atoms with Gasteiger partial charge >= 0.3 is 6.03 Å². The van der Waals surface area contributed by atoms with Gasteiger partial charge < -0.3 is 4.74 Å².